The van der Waals surface area contributed by atoms with Crippen molar-refractivity contribution >= 4 is 23.1 Å². The van der Waals surface area contributed by atoms with Crippen molar-refractivity contribution in [2.24, 2.45) is 5.92 Å². The van der Waals surface area contributed by atoms with E-state index in [2.05, 4.69) is 30.7 Å². The lowest BCUT2D eigenvalue weighted by molar-refractivity contribution is -0.141. The Balaban J connectivity index is 1.37. The number of carboxylic acid groups (broad SMARTS) is 1. The zero-order valence-electron chi connectivity index (χ0n) is 17.2. The molecular formula is C21H22N8O3. The molecule has 1 aliphatic rings. The summed E-state index contributed by atoms with van der Waals surface area (Å²) in [7, 11) is 0. The number of aliphatic carboxylic acids is 1. The third-order valence-electron chi connectivity index (χ3n) is 5.72. The Morgan fingerprint density at radius 3 is 2.75 bits per heavy atom. The molecule has 0 radical (unpaired) electrons. The van der Waals surface area contributed by atoms with Crippen LogP contribution in [0.15, 0.2) is 42.9 Å². The van der Waals surface area contributed by atoms with Gasteiger partial charge in [-0.3, -0.25) is 9.48 Å². The number of hydrogen-bond acceptors (Lipinski definition) is 8. The average molecular weight is 434 g/mol. The smallest absolute Gasteiger partial charge is 0.306 e. The molecule has 0 amide bonds. The van der Waals surface area contributed by atoms with E-state index in [1.807, 2.05) is 30.5 Å². The Kier molecular flexibility index (Phi) is 5.23. The summed E-state index contributed by atoms with van der Waals surface area (Å²) in [6.07, 6.45) is 7.25. The van der Waals surface area contributed by atoms with Crippen LogP contribution in [0, 0.1) is 5.92 Å². The van der Waals surface area contributed by atoms with Crippen molar-refractivity contribution in [2.45, 2.75) is 31.8 Å². The summed E-state index contributed by atoms with van der Waals surface area (Å²) in [5.74, 6) is -0.639. The number of benzene rings is 1. The fraction of sp³-hybridized carbons (Fsp3) is 0.333. The molecule has 164 valence electrons. The highest BCUT2D eigenvalue weighted by Gasteiger charge is 2.30. The monoisotopic (exact) mass is 434 g/mol. The lowest BCUT2D eigenvalue weighted by atomic mass is 10.1. The summed E-state index contributed by atoms with van der Waals surface area (Å²) < 4.78 is 3.35. The summed E-state index contributed by atoms with van der Waals surface area (Å²) >= 11 is 0. The molecule has 11 heteroatoms. The van der Waals surface area contributed by atoms with Crippen LogP contribution in [-0.2, 0) is 11.3 Å². The molecule has 1 aromatic carbocycles. The first-order chi connectivity index (χ1) is 15.6. The number of rotatable bonds is 7. The van der Waals surface area contributed by atoms with Gasteiger partial charge in [-0.15, -0.1) is 5.10 Å². The number of aliphatic hydroxyl groups excluding tert-OH is 1. The van der Waals surface area contributed by atoms with E-state index in [1.165, 1.54) is 0 Å². The van der Waals surface area contributed by atoms with Crippen molar-refractivity contribution in [2.75, 3.05) is 11.9 Å². The zero-order chi connectivity index (χ0) is 22.1. The maximum absolute atomic E-state index is 11.2. The van der Waals surface area contributed by atoms with Crippen LogP contribution in [0.1, 0.15) is 19.3 Å². The standard InChI is InChI=1S/C21H22N8O3/c30-8-7-28-12-15(10-23-28)13-2-5-17(6-3-13)29-19-18(26-27-29)11-22-21(25-19)24-16-4-1-14(9-16)20(31)32/h2-3,5-6,10-12,14,16,30H,1,4,7-9H2,(H,31,32)(H,22,24,25)/t14-,16+/m0/s1. The highest BCUT2D eigenvalue weighted by atomic mass is 16.4. The van der Waals surface area contributed by atoms with Gasteiger partial charge >= 0.3 is 5.97 Å². The van der Waals surface area contributed by atoms with Crippen LogP contribution in [0.5, 0.6) is 0 Å². The van der Waals surface area contributed by atoms with Crippen LogP contribution in [-0.4, -0.2) is 63.6 Å². The van der Waals surface area contributed by atoms with E-state index in [0.717, 1.165) is 23.2 Å². The number of nitrogens with zero attached hydrogens (tertiary/aromatic N) is 7. The number of nitrogens with one attached hydrogen (secondary N) is 1. The van der Waals surface area contributed by atoms with Crippen LogP contribution in [0.3, 0.4) is 0 Å². The maximum atomic E-state index is 11.2. The van der Waals surface area contributed by atoms with Crippen molar-refractivity contribution in [1.29, 1.82) is 0 Å². The van der Waals surface area contributed by atoms with E-state index < -0.39 is 5.97 Å². The molecule has 0 saturated heterocycles. The van der Waals surface area contributed by atoms with E-state index >= 15 is 0 Å². The summed E-state index contributed by atoms with van der Waals surface area (Å²) in [6, 6.07) is 7.82. The van der Waals surface area contributed by atoms with Gasteiger partial charge < -0.3 is 15.5 Å². The third-order valence-corrected chi connectivity index (χ3v) is 5.72. The lowest BCUT2D eigenvalue weighted by Crippen LogP contribution is -2.19. The fourth-order valence-electron chi connectivity index (χ4n) is 4.02. The van der Waals surface area contributed by atoms with E-state index in [-0.39, 0.29) is 18.6 Å². The minimum absolute atomic E-state index is 0.0314. The molecule has 4 aromatic rings. The molecule has 3 N–H and O–H groups in total. The molecule has 1 aliphatic carbocycles. The highest BCUT2D eigenvalue weighted by molar-refractivity contribution is 5.73. The summed E-state index contributed by atoms with van der Waals surface area (Å²) in [4.78, 5) is 20.1. The number of carbonyl (C=O) groups is 1. The number of anilines is 1. The number of aliphatic hydroxyl groups is 1. The number of fused-ring (bicyclic) bond motifs is 1. The Hall–Kier alpha value is -3.86. The van der Waals surface area contributed by atoms with Gasteiger partial charge in [-0.2, -0.15) is 14.8 Å². The fourth-order valence-corrected chi connectivity index (χ4v) is 4.02. The van der Waals surface area contributed by atoms with Crippen molar-refractivity contribution in [3.05, 3.63) is 42.9 Å². The van der Waals surface area contributed by atoms with E-state index in [4.69, 9.17) is 5.11 Å². The first-order valence-electron chi connectivity index (χ1n) is 10.4. The lowest BCUT2D eigenvalue weighted by Gasteiger charge is -2.12. The second-order valence-corrected chi connectivity index (χ2v) is 7.86. The third kappa shape index (κ3) is 3.89. The Bertz CT molecular complexity index is 1250. The zero-order valence-corrected chi connectivity index (χ0v) is 17.2. The molecule has 2 atom stereocenters. The Labute approximate surface area is 182 Å². The SMILES string of the molecule is O=C(O)[C@H]1CC[C@@H](Nc2ncc3nnn(-c4ccc(-c5cnn(CCO)c5)cc4)c3n2)C1. The van der Waals surface area contributed by atoms with Gasteiger partial charge in [-0.25, -0.2) is 4.98 Å². The molecule has 5 rings (SSSR count). The van der Waals surface area contributed by atoms with Crippen LogP contribution in [0.2, 0.25) is 0 Å². The van der Waals surface area contributed by atoms with Gasteiger partial charge in [0.1, 0.15) is 0 Å². The van der Waals surface area contributed by atoms with Crippen molar-refractivity contribution in [1.82, 2.24) is 34.7 Å². The van der Waals surface area contributed by atoms with Crippen molar-refractivity contribution < 1.29 is 15.0 Å². The minimum atomic E-state index is -0.753. The number of hydrogen-bond donors (Lipinski definition) is 3. The van der Waals surface area contributed by atoms with E-state index in [9.17, 15) is 9.90 Å². The molecule has 1 saturated carbocycles. The average Bonchev–Trinajstić information content (AvgIpc) is 3.54. The maximum Gasteiger partial charge on any atom is 0.306 e. The molecule has 3 aromatic heterocycles. The molecule has 3 heterocycles. The first-order valence-corrected chi connectivity index (χ1v) is 10.4. The Morgan fingerprint density at radius 2 is 2.00 bits per heavy atom. The van der Waals surface area contributed by atoms with Crippen molar-refractivity contribution in [3.8, 4) is 16.8 Å². The van der Waals surface area contributed by atoms with Gasteiger partial charge in [-0.1, -0.05) is 17.3 Å². The molecule has 0 bridgehead atoms. The normalized spacial score (nSPS) is 18.3. The largest absolute Gasteiger partial charge is 0.481 e. The van der Waals surface area contributed by atoms with Gasteiger partial charge in [0.15, 0.2) is 11.2 Å². The second-order valence-electron chi connectivity index (χ2n) is 7.86. The Morgan fingerprint density at radius 1 is 1.16 bits per heavy atom. The van der Waals surface area contributed by atoms with E-state index in [0.29, 0.717) is 36.5 Å². The predicted molar refractivity (Wildman–Crippen MR) is 115 cm³/mol. The van der Waals surface area contributed by atoms with Gasteiger partial charge in [0.2, 0.25) is 5.95 Å². The summed E-state index contributed by atoms with van der Waals surface area (Å²) in [5.41, 5.74) is 3.89. The quantitative estimate of drug-likeness (QED) is 0.396. The summed E-state index contributed by atoms with van der Waals surface area (Å²) in [5, 5.41) is 34.1. The highest BCUT2D eigenvalue weighted by Crippen LogP contribution is 2.28. The number of aromatic nitrogens is 7. The van der Waals surface area contributed by atoms with Gasteiger partial charge in [-0.05, 0) is 37.0 Å². The van der Waals surface area contributed by atoms with Crippen LogP contribution < -0.4 is 5.32 Å². The molecular weight excluding hydrogens is 412 g/mol. The van der Waals surface area contributed by atoms with Gasteiger partial charge in [0, 0.05) is 17.8 Å². The van der Waals surface area contributed by atoms with Crippen LogP contribution in [0.25, 0.3) is 28.0 Å². The molecule has 0 spiro atoms. The molecule has 0 aliphatic heterocycles. The molecule has 32 heavy (non-hydrogen) atoms. The second kappa shape index (κ2) is 8.35. The predicted octanol–water partition coefficient (Wildman–Crippen LogP) is 1.73. The first kappa shape index (κ1) is 20.1. The topological polar surface area (TPSA) is 144 Å². The number of carboxylic acids is 1. The molecule has 1 fully saturated rings. The van der Waals surface area contributed by atoms with E-state index in [1.54, 1.807) is 21.8 Å². The minimum Gasteiger partial charge on any atom is -0.481 e. The van der Waals surface area contributed by atoms with Gasteiger partial charge in [0.05, 0.1) is 37.2 Å². The van der Waals surface area contributed by atoms with Crippen molar-refractivity contribution in [3.63, 3.8) is 0 Å². The van der Waals surface area contributed by atoms with Crippen LogP contribution in [0.4, 0.5) is 5.95 Å². The molecule has 0 unspecified atom stereocenters. The van der Waals surface area contributed by atoms with Crippen LogP contribution >= 0.6 is 0 Å². The van der Waals surface area contributed by atoms with Gasteiger partial charge in [0.25, 0.3) is 0 Å². The summed E-state index contributed by atoms with van der Waals surface area (Å²) in [6.45, 7) is 0.496. The molecule has 11 nitrogen and oxygen atoms in total.